The Labute approximate surface area is 448 Å². The van der Waals surface area contributed by atoms with Crippen molar-refractivity contribution >= 4 is 64.9 Å². The fraction of sp³-hybridized carbons (Fsp3) is 0.854. The number of carbonyl (C=O) groups excluding carboxylic acids is 7. The summed E-state index contributed by atoms with van der Waals surface area (Å²) in [4.78, 5) is 85.7. The van der Waals surface area contributed by atoms with E-state index in [1.165, 1.54) is 37.4 Å². The second-order valence-corrected chi connectivity index (χ2v) is 21.1. The zero-order valence-electron chi connectivity index (χ0n) is 43.8. The molecule has 2 aliphatic rings. The number of carbonyl (C=O) groups is 7. The Morgan fingerprint density at radius 1 is 0.533 bits per heavy atom. The lowest BCUT2D eigenvalue weighted by molar-refractivity contribution is -0.173. The van der Waals surface area contributed by atoms with Gasteiger partial charge in [0.25, 0.3) is 0 Å². The van der Waals surface area contributed by atoms with Gasteiger partial charge in [0.05, 0.1) is 64.9 Å². The molecule has 2 aliphatic heterocycles. The van der Waals surface area contributed by atoms with Crippen LogP contribution >= 0.6 is 23.5 Å². The molecule has 2 saturated heterocycles. The number of rotatable bonds is 41. The van der Waals surface area contributed by atoms with Crippen molar-refractivity contribution in [1.82, 2.24) is 31.9 Å². The van der Waals surface area contributed by atoms with E-state index in [-0.39, 0.29) is 108 Å². The van der Waals surface area contributed by atoms with Crippen molar-refractivity contribution in [3.05, 3.63) is 0 Å². The predicted molar refractivity (Wildman–Crippen MR) is 278 cm³/mol. The molecule has 0 spiro atoms. The fourth-order valence-electron chi connectivity index (χ4n) is 8.01. The Kier molecular flexibility index (Phi) is 35.2. The van der Waals surface area contributed by atoms with Crippen LogP contribution in [0.4, 0.5) is 0 Å². The second kappa shape index (κ2) is 39.0. The molecule has 0 radical (unpaired) electrons. The van der Waals surface area contributed by atoms with Crippen molar-refractivity contribution in [2.75, 3.05) is 84.0 Å². The van der Waals surface area contributed by atoms with Gasteiger partial charge in [-0.1, -0.05) is 25.7 Å². The second-order valence-electron chi connectivity index (χ2n) is 18.6. The fourth-order valence-corrected chi connectivity index (χ4v) is 10.5. The summed E-state index contributed by atoms with van der Waals surface area (Å²) in [5, 5.41) is 77.2. The molecule has 2 fully saturated rings. The summed E-state index contributed by atoms with van der Waals surface area (Å²) in [6, 6.07) is -1.68. The van der Waals surface area contributed by atoms with Crippen LogP contribution < -0.4 is 37.6 Å². The zero-order valence-corrected chi connectivity index (χ0v) is 45.5. The van der Waals surface area contributed by atoms with E-state index in [0.717, 1.165) is 38.5 Å². The van der Waals surface area contributed by atoms with Crippen LogP contribution in [0.3, 0.4) is 0 Å². The number of hydrogen-bond acceptors (Lipinski definition) is 20. The molecule has 0 aromatic heterocycles. The lowest BCUT2D eigenvalue weighted by Gasteiger charge is -2.42. The average molecular weight is 1110 g/mol. The summed E-state index contributed by atoms with van der Waals surface area (Å²) in [7, 11) is 0. The molecule has 0 aliphatic carbocycles. The topological polar surface area (TPSA) is 385 Å². The highest BCUT2D eigenvalue weighted by Crippen LogP contribution is 2.31. The van der Waals surface area contributed by atoms with Gasteiger partial charge in [0.1, 0.15) is 53.0 Å². The van der Waals surface area contributed by atoms with Crippen LogP contribution in [0.1, 0.15) is 111 Å². The number of ether oxygens (including phenoxy) is 5. The van der Waals surface area contributed by atoms with Gasteiger partial charge >= 0.3 is 0 Å². The average Bonchev–Trinajstić information content (AvgIpc) is 3.36. The molecule has 0 aromatic rings. The first-order valence-electron chi connectivity index (χ1n) is 26.0. The summed E-state index contributed by atoms with van der Waals surface area (Å²) in [5.74, 6) is -1.24. The number of thioether (sulfide) groups is 2. The number of amides is 7. The Bertz CT molecular complexity index is 1610. The third kappa shape index (κ3) is 28.1. The Morgan fingerprint density at radius 2 is 0.933 bits per heavy atom. The van der Waals surface area contributed by atoms with E-state index in [0.29, 0.717) is 44.0 Å². The van der Waals surface area contributed by atoms with Gasteiger partial charge in [-0.15, -0.1) is 23.5 Å². The molecule has 0 saturated carbocycles. The van der Waals surface area contributed by atoms with Crippen molar-refractivity contribution < 1.29 is 87.9 Å². The highest BCUT2D eigenvalue weighted by Gasteiger charge is 2.46. The standard InChI is InChI=1S/C48H87N7O18S2/c1-4-50-36(61)14-13-15-39(64)55-48(28-69-21-16-35(49)60,29-70-22-17-37(62)51-19-9-5-7-11-24-74-46-40(53-31(2)58)44(67)42(65)33(26-56)72-46)30-71-23-18-38(63)52-20-10-6-8-12-25-75-47-41(54-32(3)59)45(68)43(66)34(27-57)73-47/h33-34,40-47,56-57,65-68H,4-30H2,1-3H3,(H2,49,60)(H,50,61)(H,51,62)(H,52,63)(H,53,58)(H,54,59)(H,55,64). The van der Waals surface area contributed by atoms with Gasteiger partial charge in [0.2, 0.25) is 41.4 Å². The van der Waals surface area contributed by atoms with Crippen molar-refractivity contribution in [3.8, 4) is 0 Å². The molecule has 0 bridgehead atoms. The lowest BCUT2D eigenvalue weighted by Crippen LogP contribution is -2.63. The van der Waals surface area contributed by atoms with Crippen LogP contribution in [-0.2, 0) is 57.2 Å². The molecule has 10 atom stereocenters. The highest BCUT2D eigenvalue weighted by atomic mass is 32.2. The van der Waals surface area contributed by atoms with Crippen LogP contribution in [0.5, 0.6) is 0 Å². The number of primary amides is 1. The summed E-state index contributed by atoms with van der Waals surface area (Å²) >= 11 is 2.75. The van der Waals surface area contributed by atoms with Gasteiger partial charge in [-0.3, -0.25) is 33.6 Å². The molecule has 10 unspecified atom stereocenters. The van der Waals surface area contributed by atoms with Gasteiger partial charge < -0.3 is 92.0 Å². The number of nitrogens with two attached hydrogens (primary N) is 1. The smallest absolute Gasteiger partial charge is 0.222 e. The monoisotopic (exact) mass is 1110 g/mol. The van der Waals surface area contributed by atoms with Crippen LogP contribution in [0.15, 0.2) is 0 Å². The first-order chi connectivity index (χ1) is 35.9. The van der Waals surface area contributed by atoms with Crippen LogP contribution in [0, 0.1) is 0 Å². The van der Waals surface area contributed by atoms with Crippen molar-refractivity contribution in [3.63, 3.8) is 0 Å². The maximum absolute atomic E-state index is 13.3. The van der Waals surface area contributed by atoms with Gasteiger partial charge in [0.15, 0.2) is 0 Å². The SMILES string of the molecule is CCNC(=O)CCCC(=O)NC(COCCC(N)=O)(COCCC(=O)NCCCCCCSC1OC(CO)C(O)C(O)C1NC(C)=O)COCCC(=O)NCCCCCCSC1OC(CO)C(O)C(O)C1NC(C)=O. The van der Waals surface area contributed by atoms with Crippen LogP contribution in [0.25, 0.3) is 0 Å². The highest BCUT2D eigenvalue weighted by molar-refractivity contribution is 8.00. The molecule has 2 heterocycles. The van der Waals surface area contributed by atoms with E-state index in [2.05, 4.69) is 31.9 Å². The first kappa shape index (κ1) is 67.7. The molecule has 2 rings (SSSR count). The molecule has 0 aromatic carbocycles. The molecule has 75 heavy (non-hydrogen) atoms. The number of hydrogen-bond donors (Lipinski definition) is 13. The number of aliphatic hydroxyl groups is 6. The maximum Gasteiger partial charge on any atom is 0.222 e. The minimum Gasteiger partial charge on any atom is -0.394 e. The minimum absolute atomic E-state index is 0.000331. The minimum atomic E-state index is -1.34. The van der Waals surface area contributed by atoms with Gasteiger partial charge in [-0.25, -0.2) is 0 Å². The lowest BCUT2D eigenvalue weighted by atomic mass is 9.98. The first-order valence-corrected chi connectivity index (χ1v) is 28.1. The van der Waals surface area contributed by atoms with E-state index in [4.69, 9.17) is 29.4 Å². The number of aliphatic hydroxyl groups excluding tert-OH is 6. The molecule has 27 heteroatoms. The van der Waals surface area contributed by atoms with E-state index >= 15 is 0 Å². The van der Waals surface area contributed by atoms with E-state index in [1.807, 2.05) is 0 Å². The normalized spacial score (nSPS) is 24.3. The predicted octanol–water partition coefficient (Wildman–Crippen LogP) is -2.44. The molecular formula is C48H87N7O18S2. The molecule has 7 amide bonds. The van der Waals surface area contributed by atoms with Crippen molar-refractivity contribution in [2.24, 2.45) is 5.73 Å². The Morgan fingerprint density at radius 3 is 1.33 bits per heavy atom. The quantitative estimate of drug-likeness (QED) is 0.0283. The summed E-state index contributed by atoms with van der Waals surface area (Å²) in [6.07, 6.45) is -0.726. The van der Waals surface area contributed by atoms with Gasteiger partial charge in [-0.05, 0) is 50.5 Å². The Hall–Kier alpha value is -3.45. The third-order valence-electron chi connectivity index (χ3n) is 12.0. The third-order valence-corrected chi connectivity index (χ3v) is 14.5. The maximum atomic E-state index is 13.3. The van der Waals surface area contributed by atoms with Crippen molar-refractivity contribution in [2.45, 2.75) is 176 Å². The van der Waals surface area contributed by atoms with Gasteiger partial charge in [-0.2, -0.15) is 0 Å². The van der Waals surface area contributed by atoms with E-state index in [9.17, 15) is 64.2 Å². The van der Waals surface area contributed by atoms with E-state index in [1.54, 1.807) is 6.92 Å². The van der Waals surface area contributed by atoms with E-state index < -0.39 is 90.1 Å². The summed E-state index contributed by atoms with van der Waals surface area (Å²) < 4.78 is 29.2. The van der Waals surface area contributed by atoms with Crippen LogP contribution in [-0.4, -0.2) is 221 Å². The zero-order chi connectivity index (χ0) is 55.6. The number of nitrogens with one attached hydrogen (secondary N) is 6. The molecule has 434 valence electrons. The Balaban J connectivity index is 1.84. The van der Waals surface area contributed by atoms with Crippen molar-refractivity contribution in [1.29, 1.82) is 0 Å². The number of unbranched alkanes of at least 4 members (excludes halogenated alkanes) is 6. The van der Waals surface area contributed by atoms with Gasteiger partial charge in [0, 0.05) is 65.6 Å². The summed E-state index contributed by atoms with van der Waals surface area (Å²) in [5.41, 5.74) is 2.67. The molecule has 25 nitrogen and oxygen atoms in total. The molecular weight excluding hydrogens is 1030 g/mol. The largest absolute Gasteiger partial charge is 0.394 e. The summed E-state index contributed by atoms with van der Waals surface area (Å²) in [6.45, 7) is 4.09. The van der Waals surface area contributed by atoms with Crippen LogP contribution in [0.2, 0.25) is 0 Å². The molecule has 14 N–H and O–H groups in total.